The van der Waals surface area contributed by atoms with Crippen molar-refractivity contribution >= 4 is 17.2 Å². The maximum Gasteiger partial charge on any atom is 0.225 e. The van der Waals surface area contributed by atoms with Crippen LogP contribution in [0, 0.1) is 17.3 Å². The van der Waals surface area contributed by atoms with Crippen molar-refractivity contribution in [3.8, 4) is 11.8 Å². The molecular formula is C15H21NO2S. The first kappa shape index (κ1) is 15.7. The van der Waals surface area contributed by atoms with Gasteiger partial charge in [0.15, 0.2) is 0 Å². The van der Waals surface area contributed by atoms with Crippen molar-refractivity contribution in [2.75, 3.05) is 6.61 Å². The zero-order valence-corrected chi connectivity index (χ0v) is 12.6. The van der Waals surface area contributed by atoms with E-state index >= 15 is 0 Å². The molecule has 0 atom stereocenters. The highest BCUT2D eigenvalue weighted by Crippen LogP contribution is 2.21. The summed E-state index contributed by atoms with van der Waals surface area (Å²) in [5.41, 5.74) is 0.605. The molecule has 0 aliphatic rings. The first-order chi connectivity index (χ1) is 9.01. The Morgan fingerprint density at radius 3 is 2.89 bits per heavy atom. The third-order valence-corrected chi connectivity index (χ3v) is 4.03. The molecule has 0 aliphatic heterocycles. The van der Waals surface area contributed by atoms with Crippen molar-refractivity contribution < 1.29 is 9.90 Å². The molecule has 2 N–H and O–H groups in total. The lowest BCUT2D eigenvalue weighted by atomic mass is 9.89. The third kappa shape index (κ3) is 4.70. The third-order valence-electron chi connectivity index (χ3n) is 3.11. The van der Waals surface area contributed by atoms with Gasteiger partial charge >= 0.3 is 0 Å². The molecule has 0 bridgehead atoms. The van der Waals surface area contributed by atoms with Gasteiger partial charge in [0.2, 0.25) is 5.91 Å². The summed E-state index contributed by atoms with van der Waals surface area (Å²) >= 11 is 1.59. The van der Waals surface area contributed by atoms with Gasteiger partial charge in [0.05, 0.1) is 13.2 Å². The second-order valence-electron chi connectivity index (χ2n) is 4.95. The smallest absolute Gasteiger partial charge is 0.225 e. The number of carbonyl (C=O) groups excluding carboxylic acids is 1. The number of nitrogens with one attached hydrogen (secondary N) is 1. The van der Waals surface area contributed by atoms with Crippen LogP contribution in [0.15, 0.2) is 11.4 Å². The molecule has 19 heavy (non-hydrogen) atoms. The van der Waals surface area contributed by atoms with Crippen molar-refractivity contribution in [3.05, 3.63) is 21.9 Å². The van der Waals surface area contributed by atoms with Crippen LogP contribution in [0.1, 0.15) is 44.1 Å². The molecule has 0 aromatic carbocycles. The van der Waals surface area contributed by atoms with Crippen molar-refractivity contribution in [1.29, 1.82) is 0 Å². The summed E-state index contributed by atoms with van der Waals surface area (Å²) in [6.45, 7) is 6.49. The minimum absolute atomic E-state index is 0.0673. The fourth-order valence-corrected chi connectivity index (χ4v) is 2.13. The minimum atomic E-state index is -0.333. The van der Waals surface area contributed by atoms with Gasteiger partial charge in [-0.15, -0.1) is 11.3 Å². The quantitative estimate of drug-likeness (QED) is 0.814. The Morgan fingerprint density at radius 2 is 2.26 bits per heavy atom. The van der Waals surface area contributed by atoms with Crippen molar-refractivity contribution in [2.24, 2.45) is 5.41 Å². The number of rotatable bonds is 5. The van der Waals surface area contributed by atoms with E-state index in [-0.39, 0.29) is 17.9 Å². The summed E-state index contributed by atoms with van der Waals surface area (Å²) < 4.78 is 0. The molecule has 1 heterocycles. The fourth-order valence-electron chi connectivity index (χ4n) is 1.36. The van der Waals surface area contributed by atoms with Gasteiger partial charge in [-0.05, 0) is 17.9 Å². The Kier molecular flexibility index (Phi) is 6.07. The van der Waals surface area contributed by atoms with E-state index < -0.39 is 0 Å². The highest BCUT2D eigenvalue weighted by molar-refractivity contribution is 7.10. The topological polar surface area (TPSA) is 49.3 Å². The van der Waals surface area contributed by atoms with Crippen LogP contribution in [-0.4, -0.2) is 17.6 Å². The van der Waals surface area contributed by atoms with Crippen molar-refractivity contribution in [3.63, 3.8) is 0 Å². The summed E-state index contributed by atoms with van der Waals surface area (Å²) in [7, 11) is 0. The Hall–Kier alpha value is -1.31. The molecule has 0 unspecified atom stereocenters. The van der Waals surface area contributed by atoms with E-state index in [1.807, 2.05) is 32.2 Å². The second-order valence-corrected chi connectivity index (χ2v) is 5.95. The molecule has 0 spiro atoms. The van der Waals surface area contributed by atoms with Crippen LogP contribution in [0.4, 0.5) is 0 Å². The maximum atomic E-state index is 12.0. The SMILES string of the molecule is CCC(C)(C)C(=O)NCc1sccc1C#CCCO. The van der Waals surface area contributed by atoms with Gasteiger partial charge in [-0.1, -0.05) is 32.6 Å². The predicted molar refractivity (Wildman–Crippen MR) is 78.8 cm³/mol. The monoisotopic (exact) mass is 279 g/mol. The lowest BCUT2D eigenvalue weighted by Gasteiger charge is -2.21. The van der Waals surface area contributed by atoms with Crippen LogP contribution in [-0.2, 0) is 11.3 Å². The maximum absolute atomic E-state index is 12.0. The largest absolute Gasteiger partial charge is 0.395 e. The van der Waals surface area contributed by atoms with E-state index in [1.54, 1.807) is 11.3 Å². The number of aliphatic hydroxyl groups is 1. The van der Waals surface area contributed by atoms with Gasteiger partial charge in [-0.2, -0.15) is 0 Å². The van der Waals surface area contributed by atoms with E-state index in [1.165, 1.54) is 0 Å². The highest BCUT2D eigenvalue weighted by Gasteiger charge is 2.24. The Bertz CT molecular complexity index is 480. The van der Waals surface area contributed by atoms with Gasteiger partial charge in [0.25, 0.3) is 0 Å². The summed E-state index contributed by atoms with van der Waals surface area (Å²) in [5, 5.41) is 13.6. The first-order valence-corrected chi connectivity index (χ1v) is 7.33. The molecule has 0 saturated carbocycles. The van der Waals surface area contributed by atoms with Crippen LogP contribution >= 0.6 is 11.3 Å². The average Bonchev–Trinajstić information content (AvgIpc) is 2.83. The Balaban J connectivity index is 2.62. The molecule has 1 aromatic rings. The van der Waals surface area contributed by atoms with Gasteiger partial charge in [-0.3, -0.25) is 4.79 Å². The number of carbonyl (C=O) groups is 1. The number of hydrogen-bond acceptors (Lipinski definition) is 3. The highest BCUT2D eigenvalue weighted by atomic mass is 32.1. The summed E-state index contributed by atoms with van der Waals surface area (Å²) in [6, 6.07) is 1.95. The van der Waals surface area contributed by atoms with Crippen LogP contribution in [0.5, 0.6) is 0 Å². The molecule has 4 heteroatoms. The molecule has 0 fully saturated rings. The van der Waals surface area contributed by atoms with E-state index in [2.05, 4.69) is 17.2 Å². The van der Waals surface area contributed by atoms with Crippen LogP contribution in [0.2, 0.25) is 0 Å². The molecule has 0 radical (unpaired) electrons. The van der Waals surface area contributed by atoms with Gasteiger partial charge in [0, 0.05) is 22.3 Å². The van der Waals surface area contributed by atoms with E-state index in [0.29, 0.717) is 13.0 Å². The second kappa shape index (κ2) is 7.32. The van der Waals surface area contributed by atoms with Gasteiger partial charge < -0.3 is 10.4 Å². The van der Waals surface area contributed by atoms with E-state index in [9.17, 15) is 4.79 Å². The molecular weight excluding hydrogens is 258 g/mol. The van der Waals surface area contributed by atoms with Gasteiger partial charge in [0.1, 0.15) is 0 Å². The molecule has 1 aromatic heterocycles. The zero-order chi connectivity index (χ0) is 14.3. The first-order valence-electron chi connectivity index (χ1n) is 6.45. The number of aliphatic hydroxyl groups excluding tert-OH is 1. The molecule has 104 valence electrons. The number of amides is 1. The molecule has 1 rings (SSSR count). The summed E-state index contributed by atoms with van der Waals surface area (Å²) in [4.78, 5) is 13.0. The fraction of sp³-hybridized carbons (Fsp3) is 0.533. The summed E-state index contributed by atoms with van der Waals surface area (Å²) in [6.07, 6.45) is 1.29. The normalized spacial score (nSPS) is 10.7. The lowest BCUT2D eigenvalue weighted by molar-refractivity contribution is -0.129. The number of thiophene rings is 1. The van der Waals surface area contributed by atoms with Crippen LogP contribution in [0.3, 0.4) is 0 Å². The zero-order valence-electron chi connectivity index (χ0n) is 11.7. The standard InChI is InChI=1S/C15H21NO2S/c1-4-15(2,3)14(18)16-11-13-12(8-10-19-13)7-5-6-9-17/h8,10,17H,4,6,9,11H2,1-3H3,(H,16,18). The van der Waals surface area contributed by atoms with Gasteiger partial charge in [-0.25, -0.2) is 0 Å². The van der Waals surface area contributed by atoms with E-state index in [4.69, 9.17) is 5.11 Å². The molecule has 0 aliphatic carbocycles. The minimum Gasteiger partial charge on any atom is -0.395 e. The molecule has 1 amide bonds. The van der Waals surface area contributed by atoms with E-state index in [0.717, 1.165) is 16.9 Å². The average molecular weight is 279 g/mol. The van der Waals surface area contributed by atoms with Crippen LogP contribution in [0.25, 0.3) is 0 Å². The predicted octanol–water partition coefficient (Wildman–Crippen LogP) is 2.53. The van der Waals surface area contributed by atoms with Crippen molar-refractivity contribution in [2.45, 2.75) is 40.2 Å². The molecule has 3 nitrogen and oxygen atoms in total. The van der Waals surface area contributed by atoms with Crippen LogP contribution < -0.4 is 5.32 Å². The lowest BCUT2D eigenvalue weighted by Crippen LogP contribution is -2.35. The molecule has 0 saturated heterocycles. The summed E-state index contributed by atoms with van der Waals surface area (Å²) in [5.74, 6) is 5.99. The Morgan fingerprint density at radius 1 is 1.53 bits per heavy atom. The number of hydrogen-bond donors (Lipinski definition) is 2. The van der Waals surface area contributed by atoms with Crippen molar-refractivity contribution in [1.82, 2.24) is 5.32 Å². The Labute approximate surface area is 119 Å².